The van der Waals surface area contributed by atoms with Crippen molar-refractivity contribution < 1.29 is 0 Å². The van der Waals surface area contributed by atoms with Crippen molar-refractivity contribution in [3.05, 3.63) is 52.8 Å². The van der Waals surface area contributed by atoms with E-state index in [0.29, 0.717) is 16.6 Å². The Kier molecular flexibility index (Phi) is 4.67. The van der Waals surface area contributed by atoms with E-state index in [1.165, 1.54) is 0 Å². The third-order valence-electron chi connectivity index (χ3n) is 4.76. The molecule has 26 heavy (non-hydrogen) atoms. The Morgan fingerprint density at radius 1 is 1.12 bits per heavy atom. The molecule has 0 radical (unpaired) electrons. The molecule has 1 saturated heterocycles. The molecule has 4 rings (SSSR count). The standard InChI is InChI=1S/C20H16Cl2N4/c21-15-5-3-14(4-6-15)16-8-17-19(9-18(16)22)24-12-25-20(17)26-7-1-2-13(10-23)11-26/h3-6,8-9,12-13H,1-2,7,11H2. The molecule has 2 aromatic carbocycles. The molecule has 0 spiro atoms. The van der Waals surface area contributed by atoms with Crippen molar-refractivity contribution >= 4 is 39.9 Å². The van der Waals surface area contributed by atoms with Gasteiger partial charge in [-0.25, -0.2) is 9.97 Å². The molecule has 2 heterocycles. The fourth-order valence-electron chi connectivity index (χ4n) is 3.44. The fraction of sp³-hybridized carbons (Fsp3) is 0.250. The van der Waals surface area contributed by atoms with Crippen LogP contribution in [-0.2, 0) is 0 Å². The first-order chi connectivity index (χ1) is 12.7. The highest BCUT2D eigenvalue weighted by atomic mass is 35.5. The van der Waals surface area contributed by atoms with Crippen LogP contribution in [0.25, 0.3) is 22.0 Å². The number of hydrogen-bond acceptors (Lipinski definition) is 4. The van der Waals surface area contributed by atoms with Gasteiger partial charge in [0, 0.05) is 29.1 Å². The average Bonchev–Trinajstić information content (AvgIpc) is 2.68. The molecule has 0 bridgehead atoms. The second-order valence-electron chi connectivity index (χ2n) is 6.47. The van der Waals surface area contributed by atoms with E-state index in [0.717, 1.165) is 47.2 Å². The molecule has 6 heteroatoms. The molecule has 0 aliphatic carbocycles. The smallest absolute Gasteiger partial charge is 0.139 e. The second kappa shape index (κ2) is 7.11. The number of hydrogen-bond donors (Lipinski definition) is 0. The Labute approximate surface area is 162 Å². The van der Waals surface area contributed by atoms with Gasteiger partial charge >= 0.3 is 0 Å². The Morgan fingerprint density at radius 3 is 2.69 bits per heavy atom. The molecular weight excluding hydrogens is 367 g/mol. The molecule has 1 unspecified atom stereocenters. The Bertz CT molecular complexity index is 995. The molecule has 4 nitrogen and oxygen atoms in total. The van der Waals surface area contributed by atoms with Gasteiger partial charge in [0.15, 0.2) is 0 Å². The monoisotopic (exact) mass is 382 g/mol. The lowest BCUT2D eigenvalue weighted by molar-refractivity contribution is 0.491. The molecule has 1 atom stereocenters. The van der Waals surface area contributed by atoms with Gasteiger partial charge < -0.3 is 4.90 Å². The van der Waals surface area contributed by atoms with E-state index in [2.05, 4.69) is 20.9 Å². The molecule has 0 saturated carbocycles. The highest BCUT2D eigenvalue weighted by Crippen LogP contribution is 2.35. The van der Waals surface area contributed by atoms with Crippen molar-refractivity contribution in [2.24, 2.45) is 5.92 Å². The Balaban J connectivity index is 1.83. The summed E-state index contributed by atoms with van der Waals surface area (Å²) < 4.78 is 0. The average molecular weight is 383 g/mol. The summed E-state index contributed by atoms with van der Waals surface area (Å²) in [5, 5.41) is 11.6. The number of halogens is 2. The van der Waals surface area contributed by atoms with E-state index in [4.69, 9.17) is 23.2 Å². The van der Waals surface area contributed by atoms with E-state index in [1.807, 2.05) is 36.4 Å². The van der Waals surface area contributed by atoms with E-state index in [-0.39, 0.29) is 5.92 Å². The normalized spacial score (nSPS) is 17.3. The van der Waals surface area contributed by atoms with Crippen LogP contribution in [0.2, 0.25) is 10.0 Å². The summed E-state index contributed by atoms with van der Waals surface area (Å²) in [4.78, 5) is 11.1. The largest absolute Gasteiger partial charge is 0.355 e. The minimum Gasteiger partial charge on any atom is -0.355 e. The van der Waals surface area contributed by atoms with Gasteiger partial charge in [0.1, 0.15) is 12.1 Å². The minimum atomic E-state index is 0.0387. The number of piperidine rings is 1. The van der Waals surface area contributed by atoms with Gasteiger partial charge in [-0.2, -0.15) is 5.26 Å². The van der Waals surface area contributed by atoms with E-state index >= 15 is 0 Å². The maximum absolute atomic E-state index is 9.28. The lowest BCUT2D eigenvalue weighted by Gasteiger charge is -2.31. The fourth-order valence-corrected chi connectivity index (χ4v) is 3.83. The van der Waals surface area contributed by atoms with Crippen LogP contribution in [0.15, 0.2) is 42.7 Å². The predicted octanol–water partition coefficient (Wildman–Crippen LogP) is 5.34. The van der Waals surface area contributed by atoms with Crippen LogP contribution in [-0.4, -0.2) is 23.1 Å². The zero-order valence-corrected chi connectivity index (χ0v) is 15.5. The number of nitrogens with zero attached hydrogens (tertiary/aromatic N) is 4. The summed E-state index contributed by atoms with van der Waals surface area (Å²) in [6.45, 7) is 1.59. The summed E-state index contributed by atoms with van der Waals surface area (Å²) in [6, 6.07) is 13.9. The van der Waals surface area contributed by atoms with Crippen LogP contribution in [0.1, 0.15) is 12.8 Å². The van der Waals surface area contributed by atoms with Gasteiger partial charge in [-0.1, -0.05) is 35.3 Å². The molecule has 130 valence electrons. The molecule has 1 aromatic heterocycles. The van der Waals surface area contributed by atoms with Crippen LogP contribution in [0.4, 0.5) is 5.82 Å². The molecule has 0 amide bonds. The number of fused-ring (bicyclic) bond motifs is 1. The second-order valence-corrected chi connectivity index (χ2v) is 7.31. The van der Waals surface area contributed by atoms with Crippen molar-refractivity contribution in [3.63, 3.8) is 0 Å². The van der Waals surface area contributed by atoms with Crippen molar-refractivity contribution in [3.8, 4) is 17.2 Å². The molecule has 1 fully saturated rings. The SMILES string of the molecule is N#CC1CCCN(c2ncnc3cc(Cl)c(-c4ccc(Cl)cc4)cc23)C1. The topological polar surface area (TPSA) is 52.8 Å². The van der Waals surface area contributed by atoms with Crippen molar-refractivity contribution in [2.45, 2.75) is 12.8 Å². The lowest BCUT2D eigenvalue weighted by atomic mass is 9.99. The summed E-state index contributed by atoms with van der Waals surface area (Å²) in [6.07, 6.45) is 3.49. The highest BCUT2D eigenvalue weighted by molar-refractivity contribution is 6.34. The van der Waals surface area contributed by atoms with Gasteiger partial charge in [-0.05, 0) is 42.7 Å². The van der Waals surface area contributed by atoms with Crippen LogP contribution in [0.5, 0.6) is 0 Å². The summed E-state index contributed by atoms with van der Waals surface area (Å²) in [7, 11) is 0. The van der Waals surface area contributed by atoms with Gasteiger partial charge in [0.05, 0.1) is 22.5 Å². The van der Waals surface area contributed by atoms with E-state index in [9.17, 15) is 5.26 Å². The van der Waals surface area contributed by atoms with Gasteiger partial charge in [0.2, 0.25) is 0 Å². The molecule has 3 aromatic rings. The summed E-state index contributed by atoms with van der Waals surface area (Å²) >= 11 is 12.5. The van der Waals surface area contributed by atoms with Gasteiger partial charge in [-0.15, -0.1) is 0 Å². The number of anilines is 1. The highest BCUT2D eigenvalue weighted by Gasteiger charge is 2.22. The van der Waals surface area contributed by atoms with E-state index in [1.54, 1.807) is 6.33 Å². The maximum atomic E-state index is 9.28. The molecule has 1 aliphatic heterocycles. The third kappa shape index (κ3) is 3.21. The van der Waals surface area contributed by atoms with Crippen molar-refractivity contribution in [2.75, 3.05) is 18.0 Å². The first kappa shape index (κ1) is 17.1. The van der Waals surface area contributed by atoms with Crippen LogP contribution in [0, 0.1) is 17.2 Å². The first-order valence-corrected chi connectivity index (χ1v) is 9.26. The first-order valence-electron chi connectivity index (χ1n) is 8.50. The number of nitriles is 1. The van der Waals surface area contributed by atoms with Crippen LogP contribution in [0.3, 0.4) is 0 Å². The van der Waals surface area contributed by atoms with Gasteiger partial charge in [0.25, 0.3) is 0 Å². The summed E-state index contributed by atoms with van der Waals surface area (Å²) in [5.74, 6) is 0.902. The number of rotatable bonds is 2. The molecule has 1 aliphatic rings. The number of aromatic nitrogens is 2. The van der Waals surface area contributed by atoms with Gasteiger partial charge in [-0.3, -0.25) is 0 Å². The molecular formula is C20H16Cl2N4. The summed E-state index contributed by atoms with van der Waals surface area (Å²) in [5.41, 5.74) is 2.71. The van der Waals surface area contributed by atoms with Crippen molar-refractivity contribution in [1.29, 1.82) is 5.26 Å². The van der Waals surface area contributed by atoms with Crippen molar-refractivity contribution in [1.82, 2.24) is 9.97 Å². The number of benzene rings is 2. The zero-order valence-electron chi connectivity index (χ0n) is 14.0. The zero-order chi connectivity index (χ0) is 18.1. The third-order valence-corrected chi connectivity index (χ3v) is 5.33. The maximum Gasteiger partial charge on any atom is 0.139 e. The van der Waals surface area contributed by atoms with Crippen LogP contribution < -0.4 is 4.90 Å². The molecule has 0 N–H and O–H groups in total. The Hall–Kier alpha value is -2.35. The Morgan fingerprint density at radius 2 is 1.92 bits per heavy atom. The lowest BCUT2D eigenvalue weighted by Crippen LogP contribution is -2.35. The minimum absolute atomic E-state index is 0.0387. The quantitative estimate of drug-likeness (QED) is 0.599. The van der Waals surface area contributed by atoms with Crippen LogP contribution >= 0.6 is 23.2 Å². The predicted molar refractivity (Wildman–Crippen MR) is 106 cm³/mol. The van der Waals surface area contributed by atoms with E-state index < -0.39 is 0 Å².